The molecule has 2 heterocycles. The Labute approximate surface area is 117 Å². The third kappa shape index (κ3) is 3.11. The van der Waals surface area contributed by atoms with Crippen LogP contribution in [0, 0.1) is 20.8 Å². The second-order valence-electron chi connectivity index (χ2n) is 4.76. The summed E-state index contributed by atoms with van der Waals surface area (Å²) in [5, 5.41) is 10.2. The summed E-state index contributed by atoms with van der Waals surface area (Å²) in [6.07, 6.45) is 2.80. The van der Waals surface area contributed by atoms with E-state index in [1.54, 1.807) is 11.3 Å². The van der Waals surface area contributed by atoms with E-state index in [1.165, 1.54) is 15.4 Å². The molecule has 0 aliphatic carbocycles. The first-order valence-electron chi connectivity index (χ1n) is 6.33. The highest BCUT2D eigenvalue weighted by Crippen LogP contribution is 2.17. The minimum Gasteiger partial charge on any atom is -0.396 e. The number of hydrogen-bond donors (Lipinski definition) is 2. The number of nitrogens with two attached hydrogens (primary N) is 1. The van der Waals surface area contributed by atoms with Gasteiger partial charge in [-0.05, 0) is 25.5 Å². The maximum absolute atomic E-state index is 9.00. The lowest BCUT2D eigenvalue weighted by Gasteiger charge is -2.06. The summed E-state index contributed by atoms with van der Waals surface area (Å²) in [6.45, 7) is 7.03. The summed E-state index contributed by atoms with van der Waals surface area (Å²) in [6, 6.07) is 2.06. The second-order valence-corrected chi connectivity index (χ2v) is 6.08. The minimum absolute atomic E-state index is 0.188. The van der Waals surface area contributed by atoms with Crippen LogP contribution in [-0.4, -0.2) is 16.7 Å². The molecule has 2 aromatic heterocycles. The van der Waals surface area contributed by atoms with E-state index in [9.17, 15) is 0 Å². The van der Waals surface area contributed by atoms with Crippen LogP contribution in [0.5, 0.6) is 0 Å². The highest BCUT2D eigenvalue weighted by Gasteiger charge is 2.17. The van der Waals surface area contributed by atoms with Crippen molar-refractivity contribution in [2.75, 3.05) is 12.3 Å². The first-order valence-corrected chi connectivity index (χ1v) is 7.15. The molecule has 4 nitrogen and oxygen atoms in total. The molecular weight excluding hydrogens is 258 g/mol. The van der Waals surface area contributed by atoms with Gasteiger partial charge in [-0.2, -0.15) is 4.57 Å². The Kier molecular flexibility index (Phi) is 4.17. The predicted molar refractivity (Wildman–Crippen MR) is 77.3 cm³/mol. The molecule has 3 N–H and O–H groups in total. The molecule has 0 aliphatic rings. The Morgan fingerprint density at radius 1 is 1.37 bits per heavy atom. The van der Waals surface area contributed by atoms with Gasteiger partial charge in [-0.15, -0.1) is 0 Å². The van der Waals surface area contributed by atoms with Gasteiger partial charge in [0.2, 0.25) is 5.01 Å². The monoisotopic (exact) mass is 278 g/mol. The van der Waals surface area contributed by atoms with Crippen LogP contribution < -0.4 is 10.3 Å². The Morgan fingerprint density at radius 2 is 2.11 bits per heavy atom. The summed E-state index contributed by atoms with van der Waals surface area (Å²) in [4.78, 5) is 5.52. The van der Waals surface area contributed by atoms with E-state index < -0.39 is 0 Å². The molecule has 0 saturated carbocycles. The Balaban J connectivity index is 2.31. The Bertz CT molecular complexity index is 569. The summed E-state index contributed by atoms with van der Waals surface area (Å²) in [5.74, 6) is 0.610. The number of pyridine rings is 1. The zero-order valence-electron chi connectivity index (χ0n) is 11.6. The molecule has 0 amide bonds. The summed E-state index contributed by atoms with van der Waals surface area (Å²) in [5.41, 5.74) is 9.22. The van der Waals surface area contributed by atoms with Crippen LogP contribution in [0.4, 0.5) is 5.82 Å². The molecule has 5 heteroatoms. The third-order valence-electron chi connectivity index (χ3n) is 3.18. The zero-order valence-corrected chi connectivity index (χ0v) is 12.4. The van der Waals surface area contributed by atoms with Gasteiger partial charge in [0.25, 0.3) is 0 Å². The molecule has 2 rings (SSSR count). The first-order chi connectivity index (χ1) is 9.01. The van der Waals surface area contributed by atoms with Crippen molar-refractivity contribution in [2.24, 2.45) is 0 Å². The standard InChI is InChI=1S/C14H20N3OS/c1-9-6-10(2)16-14(15)13(9)8-17-7-12(4-5-18)19-11(17)3/h6-7,18H,4-5,8H2,1-3H3,(H2,15,16)/q+1. The fourth-order valence-electron chi connectivity index (χ4n) is 2.19. The number of nitrogen functional groups attached to an aromatic ring is 1. The van der Waals surface area contributed by atoms with Crippen LogP contribution >= 0.6 is 11.3 Å². The highest BCUT2D eigenvalue weighted by atomic mass is 32.1. The van der Waals surface area contributed by atoms with Gasteiger partial charge in [-0.25, -0.2) is 4.98 Å². The fourth-order valence-corrected chi connectivity index (χ4v) is 3.18. The van der Waals surface area contributed by atoms with E-state index in [0.29, 0.717) is 12.2 Å². The Hall–Kier alpha value is -1.46. The predicted octanol–water partition coefficient (Wildman–Crippen LogP) is 1.52. The number of hydrogen-bond acceptors (Lipinski definition) is 4. The first kappa shape index (κ1) is 14.0. The van der Waals surface area contributed by atoms with E-state index in [0.717, 1.165) is 17.8 Å². The van der Waals surface area contributed by atoms with Crippen molar-refractivity contribution in [1.82, 2.24) is 4.98 Å². The van der Waals surface area contributed by atoms with Gasteiger partial charge >= 0.3 is 0 Å². The lowest BCUT2D eigenvalue weighted by atomic mass is 10.1. The molecule has 0 saturated heterocycles. The molecule has 0 fully saturated rings. The van der Waals surface area contributed by atoms with E-state index in [2.05, 4.69) is 35.7 Å². The van der Waals surface area contributed by atoms with Crippen molar-refractivity contribution in [1.29, 1.82) is 0 Å². The molecule has 0 aromatic carbocycles. The van der Waals surface area contributed by atoms with Gasteiger partial charge < -0.3 is 10.8 Å². The summed E-state index contributed by atoms with van der Waals surface area (Å²) < 4.78 is 2.17. The second kappa shape index (κ2) is 5.67. The van der Waals surface area contributed by atoms with Crippen LogP contribution in [-0.2, 0) is 13.0 Å². The Morgan fingerprint density at radius 3 is 2.74 bits per heavy atom. The van der Waals surface area contributed by atoms with Gasteiger partial charge in [0.1, 0.15) is 5.82 Å². The normalized spacial score (nSPS) is 10.9. The van der Waals surface area contributed by atoms with Crippen molar-refractivity contribution >= 4 is 17.2 Å². The average Bonchev–Trinajstić information content (AvgIpc) is 2.64. The van der Waals surface area contributed by atoms with Gasteiger partial charge in [0, 0.05) is 25.6 Å². The van der Waals surface area contributed by atoms with E-state index in [1.807, 2.05) is 6.92 Å². The number of aryl methyl sites for hydroxylation is 3. The largest absolute Gasteiger partial charge is 0.396 e. The lowest BCUT2D eigenvalue weighted by Crippen LogP contribution is -2.35. The average molecular weight is 278 g/mol. The molecule has 2 aromatic rings. The minimum atomic E-state index is 0.188. The number of aromatic nitrogens is 2. The molecule has 0 radical (unpaired) electrons. The van der Waals surface area contributed by atoms with E-state index >= 15 is 0 Å². The van der Waals surface area contributed by atoms with Crippen molar-refractivity contribution in [2.45, 2.75) is 33.7 Å². The quantitative estimate of drug-likeness (QED) is 0.834. The number of aliphatic hydroxyl groups is 1. The molecule has 0 atom stereocenters. The molecule has 0 spiro atoms. The van der Waals surface area contributed by atoms with Gasteiger partial charge in [-0.1, -0.05) is 11.3 Å². The highest BCUT2D eigenvalue weighted by molar-refractivity contribution is 7.11. The van der Waals surface area contributed by atoms with Crippen LogP contribution in [0.1, 0.15) is 26.7 Å². The maximum Gasteiger partial charge on any atom is 0.234 e. The van der Waals surface area contributed by atoms with E-state index in [4.69, 9.17) is 10.8 Å². The van der Waals surface area contributed by atoms with Crippen LogP contribution in [0.2, 0.25) is 0 Å². The molecule has 19 heavy (non-hydrogen) atoms. The topological polar surface area (TPSA) is 63.0 Å². The molecule has 0 unspecified atom stereocenters. The number of thiazole rings is 1. The fraction of sp³-hybridized carbons (Fsp3) is 0.429. The van der Waals surface area contributed by atoms with Crippen molar-refractivity contribution in [3.05, 3.63) is 39.0 Å². The zero-order chi connectivity index (χ0) is 14.0. The number of nitrogens with zero attached hydrogens (tertiary/aromatic N) is 2. The van der Waals surface area contributed by atoms with Crippen LogP contribution in [0.3, 0.4) is 0 Å². The van der Waals surface area contributed by atoms with Gasteiger partial charge in [0.05, 0.1) is 10.4 Å². The summed E-state index contributed by atoms with van der Waals surface area (Å²) >= 11 is 1.71. The molecule has 102 valence electrons. The van der Waals surface area contributed by atoms with Crippen molar-refractivity contribution in [3.63, 3.8) is 0 Å². The molecular formula is C14H20N3OS+. The van der Waals surface area contributed by atoms with Crippen LogP contribution in [0.25, 0.3) is 0 Å². The SMILES string of the molecule is Cc1cc(C)c(C[n+]2cc(CCO)sc2C)c(N)n1. The van der Waals surface area contributed by atoms with E-state index in [-0.39, 0.29) is 6.61 Å². The van der Waals surface area contributed by atoms with Crippen LogP contribution in [0.15, 0.2) is 12.3 Å². The molecule has 0 aliphatic heterocycles. The lowest BCUT2D eigenvalue weighted by molar-refractivity contribution is -0.689. The van der Waals surface area contributed by atoms with Gasteiger partial charge in [-0.3, -0.25) is 0 Å². The van der Waals surface area contributed by atoms with Gasteiger partial charge in [0.15, 0.2) is 12.7 Å². The maximum atomic E-state index is 9.00. The smallest absolute Gasteiger partial charge is 0.234 e. The third-order valence-corrected chi connectivity index (χ3v) is 4.28. The van der Waals surface area contributed by atoms with Crippen molar-refractivity contribution in [3.8, 4) is 0 Å². The molecule has 0 bridgehead atoms. The van der Waals surface area contributed by atoms with Crippen molar-refractivity contribution < 1.29 is 9.67 Å². The number of aliphatic hydroxyl groups excluding tert-OH is 1. The number of anilines is 1. The number of rotatable bonds is 4. The summed E-state index contributed by atoms with van der Waals surface area (Å²) in [7, 11) is 0.